The fourth-order valence-corrected chi connectivity index (χ4v) is 4.19. The lowest BCUT2D eigenvalue weighted by Crippen LogP contribution is -2.39. The van der Waals surface area contributed by atoms with Gasteiger partial charge in [-0.2, -0.15) is 0 Å². The number of amides is 1. The van der Waals surface area contributed by atoms with Gasteiger partial charge in [0.15, 0.2) is 6.04 Å². The van der Waals surface area contributed by atoms with Crippen molar-refractivity contribution < 1.29 is 19.4 Å². The van der Waals surface area contributed by atoms with Gasteiger partial charge in [0.05, 0.1) is 0 Å². The SMILES string of the molecule is CCN(C(=O)OCC1c2ccccc2-c2ccccc21)C(C(=O)O)c1ccccc1. The molecule has 0 radical (unpaired) electrons. The van der Waals surface area contributed by atoms with Crippen molar-refractivity contribution in [3.63, 3.8) is 0 Å². The fraction of sp³-hybridized carbons (Fsp3) is 0.200. The molecule has 0 heterocycles. The van der Waals surface area contributed by atoms with E-state index in [0.717, 1.165) is 22.3 Å². The summed E-state index contributed by atoms with van der Waals surface area (Å²) in [7, 11) is 0. The monoisotopic (exact) mass is 401 g/mol. The topological polar surface area (TPSA) is 66.8 Å². The van der Waals surface area contributed by atoms with Crippen molar-refractivity contribution in [1.82, 2.24) is 4.90 Å². The highest BCUT2D eigenvalue weighted by molar-refractivity contribution is 5.82. The number of carboxylic acids is 1. The molecule has 152 valence electrons. The Morgan fingerprint density at radius 3 is 1.97 bits per heavy atom. The molecule has 1 amide bonds. The van der Waals surface area contributed by atoms with Crippen LogP contribution in [0.2, 0.25) is 0 Å². The zero-order chi connectivity index (χ0) is 21.1. The van der Waals surface area contributed by atoms with Crippen molar-refractivity contribution in [2.45, 2.75) is 18.9 Å². The molecule has 1 atom stereocenters. The van der Waals surface area contributed by atoms with Gasteiger partial charge in [0.2, 0.25) is 0 Å². The van der Waals surface area contributed by atoms with Crippen LogP contribution < -0.4 is 0 Å². The number of fused-ring (bicyclic) bond motifs is 3. The molecule has 0 fully saturated rings. The molecule has 0 aliphatic heterocycles. The van der Waals surface area contributed by atoms with Crippen LogP contribution in [-0.2, 0) is 9.53 Å². The van der Waals surface area contributed by atoms with Crippen molar-refractivity contribution in [3.05, 3.63) is 95.6 Å². The fourth-order valence-electron chi connectivity index (χ4n) is 4.19. The first-order chi connectivity index (χ1) is 14.6. The lowest BCUT2D eigenvalue weighted by atomic mass is 9.98. The van der Waals surface area contributed by atoms with E-state index in [2.05, 4.69) is 24.3 Å². The number of likely N-dealkylation sites (N-methyl/N-ethyl adjacent to an activating group) is 1. The lowest BCUT2D eigenvalue weighted by molar-refractivity contribution is -0.143. The quantitative estimate of drug-likeness (QED) is 0.625. The van der Waals surface area contributed by atoms with Crippen LogP contribution in [0.15, 0.2) is 78.9 Å². The second-order valence-electron chi connectivity index (χ2n) is 7.24. The summed E-state index contributed by atoms with van der Waals surface area (Å²) in [4.78, 5) is 26.1. The summed E-state index contributed by atoms with van der Waals surface area (Å²) in [6, 6.07) is 23.9. The number of carboxylic acid groups (broad SMARTS) is 1. The minimum Gasteiger partial charge on any atom is -0.479 e. The summed E-state index contributed by atoms with van der Waals surface area (Å²) >= 11 is 0. The number of hydrogen-bond donors (Lipinski definition) is 1. The number of aliphatic carboxylic acids is 1. The Labute approximate surface area is 175 Å². The smallest absolute Gasteiger partial charge is 0.410 e. The number of hydrogen-bond acceptors (Lipinski definition) is 3. The molecule has 1 unspecified atom stereocenters. The third-order valence-corrected chi connectivity index (χ3v) is 5.57. The van der Waals surface area contributed by atoms with Gasteiger partial charge >= 0.3 is 12.1 Å². The minimum absolute atomic E-state index is 0.0694. The molecule has 1 N–H and O–H groups in total. The predicted octanol–water partition coefficient (Wildman–Crippen LogP) is 5.08. The average Bonchev–Trinajstić information content (AvgIpc) is 3.10. The van der Waals surface area contributed by atoms with Crippen LogP contribution in [0.5, 0.6) is 0 Å². The maximum Gasteiger partial charge on any atom is 0.410 e. The first-order valence-electron chi connectivity index (χ1n) is 10.0. The second-order valence-corrected chi connectivity index (χ2v) is 7.24. The molecule has 0 saturated heterocycles. The maximum absolute atomic E-state index is 12.9. The molecule has 1 aliphatic carbocycles. The highest BCUT2D eigenvalue weighted by Crippen LogP contribution is 2.44. The summed E-state index contributed by atoms with van der Waals surface area (Å²) in [6.07, 6.45) is -0.629. The van der Waals surface area contributed by atoms with Gasteiger partial charge in [0.1, 0.15) is 6.61 Å². The van der Waals surface area contributed by atoms with Gasteiger partial charge in [-0.15, -0.1) is 0 Å². The highest BCUT2D eigenvalue weighted by Gasteiger charge is 2.33. The zero-order valence-corrected chi connectivity index (χ0v) is 16.7. The first-order valence-corrected chi connectivity index (χ1v) is 10.0. The Balaban J connectivity index is 1.56. The molecule has 0 saturated carbocycles. The summed E-state index contributed by atoms with van der Waals surface area (Å²) in [5, 5.41) is 9.77. The van der Waals surface area contributed by atoms with E-state index in [-0.39, 0.29) is 19.1 Å². The van der Waals surface area contributed by atoms with E-state index in [1.807, 2.05) is 30.3 Å². The van der Waals surface area contributed by atoms with Gasteiger partial charge < -0.3 is 9.84 Å². The zero-order valence-electron chi connectivity index (χ0n) is 16.7. The van der Waals surface area contributed by atoms with Gasteiger partial charge in [-0.05, 0) is 34.7 Å². The van der Waals surface area contributed by atoms with Crippen molar-refractivity contribution >= 4 is 12.1 Å². The third kappa shape index (κ3) is 3.54. The number of rotatable bonds is 6. The van der Waals surface area contributed by atoms with Gasteiger partial charge in [0.25, 0.3) is 0 Å². The molecule has 0 spiro atoms. The van der Waals surface area contributed by atoms with Crippen LogP contribution in [0.1, 0.15) is 35.6 Å². The van der Waals surface area contributed by atoms with E-state index < -0.39 is 18.1 Å². The Bertz CT molecular complexity index is 1020. The van der Waals surface area contributed by atoms with Gasteiger partial charge in [-0.3, -0.25) is 4.90 Å². The van der Waals surface area contributed by atoms with E-state index in [9.17, 15) is 14.7 Å². The third-order valence-electron chi connectivity index (χ3n) is 5.57. The van der Waals surface area contributed by atoms with Crippen LogP contribution in [0, 0.1) is 0 Å². The Morgan fingerprint density at radius 1 is 0.900 bits per heavy atom. The summed E-state index contributed by atoms with van der Waals surface area (Å²) in [5.74, 6) is -1.16. The van der Waals surface area contributed by atoms with Crippen molar-refractivity contribution in [1.29, 1.82) is 0 Å². The molecular weight excluding hydrogens is 378 g/mol. The second kappa shape index (κ2) is 8.41. The Kier molecular flexibility index (Phi) is 5.53. The van der Waals surface area contributed by atoms with Crippen LogP contribution in [0.25, 0.3) is 11.1 Å². The number of ether oxygens (including phenoxy) is 1. The molecule has 5 nitrogen and oxygen atoms in total. The lowest BCUT2D eigenvalue weighted by Gasteiger charge is -2.28. The largest absolute Gasteiger partial charge is 0.479 e. The van der Waals surface area contributed by atoms with E-state index in [1.54, 1.807) is 31.2 Å². The maximum atomic E-state index is 12.9. The van der Waals surface area contributed by atoms with Gasteiger partial charge in [-0.1, -0.05) is 78.9 Å². The van der Waals surface area contributed by atoms with Crippen molar-refractivity contribution in [3.8, 4) is 11.1 Å². The van der Waals surface area contributed by atoms with Crippen LogP contribution >= 0.6 is 0 Å². The van der Waals surface area contributed by atoms with E-state index >= 15 is 0 Å². The van der Waals surface area contributed by atoms with Crippen molar-refractivity contribution in [2.75, 3.05) is 13.2 Å². The molecule has 5 heteroatoms. The van der Waals surface area contributed by atoms with Gasteiger partial charge in [0, 0.05) is 12.5 Å². The molecular formula is C25H23NO4. The normalized spacial score (nSPS) is 13.2. The summed E-state index contributed by atoms with van der Waals surface area (Å²) in [6.45, 7) is 2.13. The molecule has 3 aromatic rings. The van der Waals surface area contributed by atoms with Crippen LogP contribution in [-0.4, -0.2) is 35.2 Å². The Morgan fingerprint density at radius 2 is 1.43 bits per heavy atom. The molecule has 3 aromatic carbocycles. The number of nitrogens with zero attached hydrogens (tertiary/aromatic N) is 1. The molecule has 0 aromatic heterocycles. The van der Waals surface area contributed by atoms with Crippen LogP contribution in [0.3, 0.4) is 0 Å². The van der Waals surface area contributed by atoms with Gasteiger partial charge in [-0.25, -0.2) is 9.59 Å². The average molecular weight is 401 g/mol. The summed E-state index contributed by atoms with van der Waals surface area (Å²) in [5.41, 5.74) is 5.07. The Hall–Kier alpha value is -3.60. The highest BCUT2D eigenvalue weighted by atomic mass is 16.6. The van der Waals surface area contributed by atoms with E-state index in [1.165, 1.54) is 4.90 Å². The molecule has 0 bridgehead atoms. The minimum atomic E-state index is -1.09. The first kappa shape index (κ1) is 19.7. The molecule has 30 heavy (non-hydrogen) atoms. The predicted molar refractivity (Wildman–Crippen MR) is 114 cm³/mol. The number of carbonyl (C=O) groups is 2. The molecule has 1 aliphatic rings. The van der Waals surface area contributed by atoms with Crippen molar-refractivity contribution in [2.24, 2.45) is 0 Å². The number of carbonyl (C=O) groups excluding carboxylic acids is 1. The standard InChI is InChI=1S/C25H23NO4/c1-2-26(23(24(27)28)17-10-4-3-5-11-17)25(29)30-16-22-20-14-8-6-12-18(20)19-13-7-9-15-21(19)22/h3-15,22-23H,2,16H2,1H3,(H,27,28). The molecule has 4 rings (SSSR count). The van der Waals surface area contributed by atoms with Crippen LogP contribution in [0.4, 0.5) is 4.79 Å². The summed E-state index contributed by atoms with van der Waals surface area (Å²) < 4.78 is 5.67. The van der Waals surface area contributed by atoms with E-state index in [4.69, 9.17) is 4.74 Å². The number of benzene rings is 3. The van der Waals surface area contributed by atoms with E-state index in [0.29, 0.717) is 5.56 Å².